The Bertz CT molecular complexity index is 1380. The molecule has 0 aliphatic carbocycles. The molecule has 3 rings (SSSR count). The van der Waals surface area contributed by atoms with Crippen molar-refractivity contribution in [3.63, 3.8) is 0 Å². The number of unbranched alkanes of at least 4 members (excludes halogenated alkanes) is 2. The van der Waals surface area contributed by atoms with Gasteiger partial charge in [-0.25, -0.2) is 0 Å². The number of nitrogens with zero attached hydrogens (tertiary/aromatic N) is 3. The van der Waals surface area contributed by atoms with Crippen molar-refractivity contribution in [2.24, 2.45) is 0 Å². The van der Waals surface area contributed by atoms with E-state index in [1.807, 2.05) is 31.2 Å². The predicted octanol–water partition coefficient (Wildman–Crippen LogP) is 5.55. The van der Waals surface area contributed by atoms with Gasteiger partial charge >= 0.3 is 5.97 Å². The van der Waals surface area contributed by atoms with Crippen LogP contribution in [-0.2, 0) is 22.7 Å². The second kappa shape index (κ2) is 13.6. The van der Waals surface area contributed by atoms with Gasteiger partial charge in [0, 0.05) is 36.6 Å². The van der Waals surface area contributed by atoms with Crippen LogP contribution in [0.3, 0.4) is 0 Å². The first-order valence-corrected chi connectivity index (χ1v) is 13.9. The van der Waals surface area contributed by atoms with E-state index in [4.69, 9.17) is 28.9 Å². The molecule has 1 saturated heterocycles. The van der Waals surface area contributed by atoms with Gasteiger partial charge in [0.2, 0.25) is 0 Å². The molecule has 0 spiro atoms. The maximum atomic E-state index is 13.3. The van der Waals surface area contributed by atoms with E-state index in [1.54, 1.807) is 19.1 Å². The number of carbonyl (C=O) groups is 2. The molecule has 0 radical (unpaired) electrons. The first-order valence-electron chi connectivity index (χ1n) is 12.3. The molecule has 1 amide bonds. The van der Waals surface area contributed by atoms with E-state index in [1.165, 1.54) is 21.2 Å². The molecule has 38 heavy (non-hydrogen) atoms. The number of carbonyl (C=O) groups excluding carboxylic acids is 1. The number of carboxylic acids is 1. The molecule has 2 aromatic rings. The van der Waals surface area contributed by atoms with Crippen LogP contribution in [0.2, 0.25) is 5.02 Å². The zero-order chi connectivity index (χ0) is 27.8. The Labute approximate surface area is 236 Å². The molecule has 0 atom stereocenters. The summed E-state index contributed by atoms with van der Waals surface area (Å²) in [5, 5.41) is 22.5. The largest absolute Gasteiger partial charge is 0.481 e. The minimum atomic E-state index is -0.839. The van der Waals surface area contributed by atoms with Crippen molar-refractivity contribution in [1.29, 1.82) is 5.26 Å². The van der Waals surface area contributed by atoms with Crippen molar-refractivity contribution in [2.75, 3.05) is 11.9 Å². The van der Waals surface area contributed by atoms with E-state index >= 15 is 0 Å². The SMILES string of the molecule is CCCn1c(NCc2ccccc2Cl)c(/C=C2/SC(=S)N(CCCCCC(=O)O)C2=O)c(C)c(C#N)c1=O. The molecule has 200 valence electrons. The van der Waals surface area contributed by atoms with Gasteiger partial charge in [-0.15, -0.1) is 0 Å². The van der Waals surface area contributed by atoms with Gasteiger partial charge in [0.05, 0.1) is 4.91 Å². The average Bonchev–Trinajstić information content (AvgIpc) is 3.14. The summed E-state index contributed by atoms with van der Waals surface area (Å²) in [5.74, 6) is -0.581. The van der Waals surface area contributed by atoms with E-state index in [2.05, 4.69) is 5.32 Å². The highest BCUT2D eigenvalue weighted by molar-refractivity contribution is 8.26. The standard InChI is InChI=1S/C27H29ClN4O4S2/c1-3-12-31-24(30-16-18-9-6-7-10-21(18)28)19(17(2)20(15-29)25(31)35)14-22-26(36)32(27(37)38-22)13-8-4-5-11-23(33)34/h6-7,9-10,14,30H,3-5,8,11-13,16H2,1-2H3,(H,33,34)/b22-14+. The van der Waals surface area contributed by atoms with Gasteiger partial charge in [-0.1, -0.05) is 67.1 Å². The molecule has 0 saturated carbocycles. The monoisotopic (exact) mass is 572 g/mol. The van der Waals surface area contributed by atoms with Gasteiger partial charge in [-0.2, -0.15) is 5.26 Å². The highest BCUT2D eigenvalue weighted by atomic mass is 35.5. The highest BCUT2D eigenvalue weighted by Gasteiger charge is 2.32. The van der Waals surface area contributed by atoms with Gasteiger partial charge in [0.25, 0.3) is 11.5 Å². The van der Waals surface area contributed by atoms with Crippen molar-refractivity contribution < 1.29 is 14.7 Å². The summed E-state index contributed by atoms with van der Waals surface area (Å²) >= 11 is 13.0. The molecule has 1 aliphatic rings. The molecule has 0 bridgehead atoms. The maximum Gasteiger partial charge on any atom is 0.303 e. The van der Waals surface area contributed by atoms with Gasteiger partial charge in [-0.3, -0.25) is 23.9 Å². The summed E-state index contributed by atoms with van der Waals surface area (Å²) in [5.41, 5.74) is 1.53. The third-order valence-corrected chi connectivity index (χ3v) is 7.89. The van der Waals surface area contributed by atoms with Crippen LogP contribution in [0.15, 0.2) is 34.0 Å². The summed E-state index contributed by atoms with van der Waals surface area (Å²) in [6.45, 7) is 4.77. The summed E-state index contributed by atoms with van der Waals surface area (Å²) in [4.78, 5) is 39.1. The number of amides is 1. The second-order valence-corrected chi connectivity index (χ2v) is 10.9. The lowest BCUT2D eigenvalue weighted by atomic mass is 10.0. The quantitative estimate of drug-likeness (QED) is 0.193. The third kappa shape index (κ3) is 6.84. The van der Waals surface area contributed by atoms with Gasteiger partial charge in [0.1, 0.15) is 21.8 Å². The minimum Gasteiger partial charge on any atom is -0.481 e. The Hall–Kier alpha value is -3.13. The Morgan fingerprint density at radius 2 is 1.97 bits per heavy atom. The minimum absolute atomic E-state index is 0.0295. The van der Waals surface area contributed by atoms with E-state index in [-0.39, 0.29) is 23.5 Å². The van der Waals surface area contributed by atoms with Crippen LogP contribution >= 0.6 is 35.6 Å². The highest BCUT2D eigenvalue weighted by Crippen LogP contribution is 2.35. The number of benzene rings is 1. The number of aliphatic carboxylic acids is 1. The van der Waals surface area contributed by atoms with Crippen molar-refractivity contribution in [1.82, 2.24) is 9.47 Å². The number of nitrogens with one attached hydrogen (secondary N) is 1. The van der Waals surface area contributed by atoms with E-state index in [9.17, 15) is 19.6 Å². The van der Waals surface area contributed by atoms with Gasteiger partial charge in [0.15, 0.2) is 0 Å². The molecule has 1 aromatic carbocycles. The fraction of sp³-hybridized carbons (Fsp3) is 0.370. The number of pyridine rings is 1. The normalized spacial score (nSPS) is 14.3. The molecule has 8 nitrogen and oxygen atoms in total. The van der Waals surface area contributed by atoms with E-state index in [0.717, 1.165) is 5.56 Å². The van der Waals surface area contributed by atoms with Crippen LogP contribution in [0.25, 0.3) is 6.08 Å². The van der Waals surface area contributed by atoms with Crippen LogP contribution in [0, 0.1) is 18.3 Å². The topological polar surface area (TPSA) is 115 Å². The lowest BCUT2D eigenvalue weighted by Crippen LogP contribution is -2.29. The fourth-order valence-electron chi connectivity index (χ4n) is 4.16. The van der Waals surface area contributed by atoms with E-state index < -0.39 is 5.97 Å². The lowest BCUT2D eigenvalue weighted by Gasteiger charge is -2.20. The molecular weight excluding hydrogens is 544 g/mol. The van der Waals surface area contributed by atoms with Crippen molar-refractivity contribution in [2.45, 2.75) is 59.0 Å². The number of aromatic nitrogens is 1. The second-order valence-electron chi connectivity index (χ2n) is 8.81. The first kappa shape index (κ1) is 29.4. The van der Waals surface area contributed by atoms with Crippen LogP contribution in [-0.4, -0.2) is 37.3 Å². The van der Waals surface area contributed by atoms with Crippen LogP contribution in [0.1, 0.15) is 61.3 Å². The van der Waals surface area contributed by atoms with Crippen molar-refractivity contribution >= 4 is 63.7 Å². The molecule has 1 fully saturated rings. The van der Waals surface area contributed by atoms with Crippen LogP contribution in [0.5, 0.6) is 0 Å². The van der Waals surface area contributed by atoms with Crippen molar-refractivity contribution in [3.8, 4) is 6.07 Å². The average molecular weight is 573 g/mol. The number of nitriles is 1. The Kier molecular flexibility index (Phi) is 10.5. The number of thiocarbonyl (C=S) groups is 1. The Morgan fingerprint density at radius 1 is 1.24 bits per heavy atom. The zero-order valence-corrected chi connectivity index (χ0v) is 23.6. The fourth-order valence-corrected chi connectivity index (χ4v) is 5.65. The van der Waals surface area contributed by atoms with Crippen molar-refractivity contribution in [3.05, 3.63) is 66.8 Å². The number of hydrogen-bond acceptors (Lipinski definition) is 7. The molecule has 2 N–H and O–H groups in total. The maximum absolute atomic E-state index is 13.3. The Balaban J connectivity index is 1.98. The molecular formula is C27H29ClN4O4S2. The number of halogens is 1. The predicted molar refractivity (Wildman–Crippen MR) is 155 cm³/mol. The third-order valence-electron chi connectivity index (χ3n) is 6.15. The Morgan fingerprint density at radius 3 is 2.63 bits per heavy atom. The first-order chi connectivity index (χ1) is 18.2. The number of anilines is 1. The number of thioether (sulfide) groups is 1. The van der Waals surface area contributed by atoms with Crippen LogP contribution in [0.4, 0.5) is 5.82 Å². The van der Waals surface area contributed by atoms with Gasteiger partial charge in [-0.05, 0) is 49.5 Å². The van der Waals surface area contributed by atoms with Crippen LogP contribution < -0.4 is 10.9 Å². The molecule has 2 heterocycles. The summed E-state index contributed by atoms with van der Waals surface area (Å²) < 4.78 is 1.96. The molecule has 0 unspecified atom stereocenters. The van der Waals surface area contributed by atoms with Gasteiger partial charge < -0.3 is 10.4 Å². The molecule has 1 aliphatic heterocycles. The summed E-state index contributed by atoms with van der Waals surface area (Å²) in [7, 11) is 0. The number of hydrogen-bond donors (Lipinski definition) is 2. The summed E-state index contributed by atoms with van der Waals surface area (Å²) in [6, 6.07) is 9.42. The molecule has 1 aromatic heterocycles. The van der Waals surface area contributed by atoms with E-state index in [0.29, 0.717) is 76.5 Å². The zero-order valence-electron chi connectivity index (χ0n) is 21.3. The number of rotatable bonds is 12. The summed E-state index contributed by atoms with van der Waals surface area (Å²) in [6.07, 6.45) is 4.30. The number of carboxylic acid groups (broad SMARTS) is 1. The smallest absolute Gasteiger partial charge is 0.303 e. The lowest BCUT2D eigenvalue weighted by molar-refractivity contribution is -0.137. The molecule has 11 heteroatoms.